The fourth-order valence-corrected chi connectivity index (χ4v) is 1.23. The molecule has 5 nitrogen and oxygen atoms in total. The smallest absolute Gasteiger partial charge is 0.227 e. The van der Waals surface area contributed by atoms with Gasteiger partial charge in [0.25, 0.3) is 0 Å². The Morgan fingerprint density at radius 2 is 2.07 bits per heavy atom. The van der Waals surface area contributed by atoms with Gasteiger partial charge in [-0.1, -0.05) is 5.16 Å². The largest absolute Gasteiger partial charge is 0.339 e. The normalized spacial score (nSPS) is 10.5. The molecule has 5 heteroatoms. The summed E-state index contributed by atoms with van der Waals surface area (Å²) in [5, 5.41) is 3.88. The van der Waals surface area contributed by atoms with Gasteiger partial charge in [-0.25, -0.2) is 0 Å². The number of aromatic nitrogens is 3. The monoisotopic (exact) mass is 204 g/mol. The van der Waals surface area contributed by atoms with Crippen molar-refractivity contribution in [3.8, 4) is 11.4 Å². The molecule has 0 aliphatic heterocycles. The molecule has 2 rings (SSSR count). The van der Waals surface area contributed by atoms with Gasteiger partial charge in [0.1, 0.15) is 0 Å². The maximum absolute atomic E-state index is 5.40. The molecule has 0 saturated carbocycles. The van der Waals surface area contributed by atoms with Crippen molar-refractivity contribution in [3.63, 3.8) is 0 Å². The van der Waals surface area contributed by atoms with E-state index in [1.165, 1.54) is 0 Å². The molecule has 0 aromatic carbocycles. The summed E-state index contributed by atoms with van der Waals surface area (Å²) in [4.78, 5) is 8.18. The van der Waals surface area contributed by atoms with E-state index in [2.05, 4.69) is 15.1 Å². The van der Waals surface area contributed by atoms with Crippen LogP contribution in [0.1, 0.15) is 12.3 Å². The lowest BCUT2D eigenvalue weighted by molar-refractivity contribution is 0.376. The zero-order valence-corrected chi connectivity index (χ0v) is 8.26. The number of pyridine rings is 1. The topological polar surface area (TPSA) is 77.8 Å². The average molecular weight is 204 g/mol. The second-order valence-electron chi connectivity index (χ2n) is 3.14. The number of nitrogens with zero attached hydrogens (tertiary/aromatic N) is 3. The molecule has 0 aliphatic rings. The van der Waals surface area contributed by atoms with E-state index < -0.39 is 0 Å². The quantitative estimate of drug-likeness (QED) is 0.804. The van der Waals surface area contributed by atoms with Crippen molar-refractivity contribution < 1.29 is 4.52 Å². The van der Waals surface area contributed by atoms with Crippen LogP contribution in [0.15, 0.2) is 29.0 Å². The molecule has 2 N–H and O–H groups in total. The minimum Gasteiger partial charge on any atom is -0.339 e. The highest BCUT2D eigenvalue weighted by atomic mass is 16.5. The number of aryl methyl sites for hydroxylation is 1. The number of hydrogen-bond donors (Lipinski definition) is 1. The molecule has 0 bridgehead atoms. The lowest BCUT2D eigenvalue weighted by Crippen LogP contribution is -2.00. The predicted molar refractivity (Wildman–Crippen MR) is 54.9 cm³/mol. The Balaban J connectivity index is 2.14. The third-order valence-electron chi connectivity index (χ3n) is 2.00. The molecule has 15 heavy (non-hydrogen) atoms. The van der Waals surface area contributed by atoms with Gasteiger partial charge >= 0.3 is 0 Å². The fourth-order valence-electron chi connectivity index (χ4n) is 1.23. The molecule has 0 radical (unpaired) electrons. The highest BCUT2D eigenvalue weighted by molar-refractivity contribution is 5.52. The summed E-state index contributed by atoms with van der Waals surface area (Å²) in [5.74, 6) is 1.23. The van der Waals surface area contributed by atoms with Gasteiger partial charge in [-0.2, -0.15) is 4.98 Å². The van der Waals surface area contributed by atoms with Gasteiger partial charge in [-0.3, -0.25) is 4.98 Å². The minimum absolute atomic E-state index is 0.601. The van der Waals surface area contributed by atoms with Crippen LogP contribution in [-0.2, 0) is 6.42 Å². The third kappa shape index (κ3) is 2.38. The van der Waals surface area contributed by atoms with Crippen LogP contribution in [0.5, 0.6) is 0 Å². The van der Waals surface area contributed by atoms with Crippen LogP contribution in [0.25, 0.3) is 11.4 Å². The van der Waals surface area contributed by atoms with Gasteiger partial charge in [0.15, 0.2) is 0 Å². The third-order valence-corrected chi connectivity index (χ3v) is 2.00. The van der Waals surface area contributed by atoms with Crippen molar-refractivity contribution in [2.24, 2.45) is 5.73 Å². The first-order valence-corrected chi connectivity index (χ1v) is 4.83. The van der Waals surface area contributed by atoms with E-state index in [4.69, 9.17) is 10.3 Å². The fraction of sp³-hybridized carbons (Fsp3) is 0.300. The standard InChI is InChI=1S/C10H12N4O/c11-5-1-2-9-13-10(14-15-9)8-3-6-12-7-4-8/h3-4,6-7H,1-2,5,11H2. The van der Waals surface area contributed by atoms with Gasteiger partial charge in [0.2, 0.25) is 11.7 Å². The Hall–Kier alpha value is -1.75. The number of nitrogens with two attached hydrogens (primary N) is 1. The Labute approximate surface area is 87.3 Å². The molecule has 78 valence electrons. The van der Waals surface area contributed by atoms with Gasteiger partial charge < -0.3 is 10.3 Å². The van der Waals surface area contributed by atoms with Gasteiger partial charge in [0.05, 0.1) is 0 Å². The molecule has 0 unspecified atom stereocenters. The second-order valence-corrected chi connectivity index (χ2v) is 3.14. The van der Waals surface area contributed by atoms with E-state index in [0.29, 0.717) is 18.3 Å². The van der Waals surface area contributed by atoms with Crippen molar-refractivity contribution in [1.29, 1.82) is 0 Å². The summed E-state index contributed by atoms with van der Waals surface area (Å²) in [6, 6.07) is 3.69. The Morgan fingerprint density at radius 3 is 2.80 bits per heavy atom. The van der Waals surface area contributed by atoms with E-state index in [9.17, 15) is 0 Å². The first-order chi connectivity index (χ1) is 7.40. The summed E-state index contributed by atoms with van der Waals surface area (Å²) in [7, 11) is 0. The molecule has 0 atom stereocenters. The van der Waals surface area contributed by atoms with E-state index in [1.54, 1.807) is 12.4 Å². The van der Waals surface area contributed by atoms with Crippen LogP contribution < -0.4 is 5.73 Å². The van der Waals surface area contributed by atoms with Crippen LogP contribution in [0.3, 0.4) is 0 Å². The second kappa shape index (κ2) is 4.65. The minimum atomic E-state index is 0.601. The van der Waals surface area contributed by atoms with Crippen LogP contribution in [0.4, 0.5) is 0 Å². The zero-order valence-electron chi connectivity index (χ0n) is 8.26. The lowest BCUT2D eigenvalue weighted by atomic mass is 10.2. The molecule has 0 saturated heterocycles. The lowest BCUT2D eigenvalue weighted by Gasteiger charge is -1.90. The highest BCUT2D eigenvalue weighted by Crippen LogP contribution is 2.14. The first kappa shape index (κ1) is 9.79. The molecule has 0 spiro atoms. The van der Waals surface area contributed by atoms with E-state index in [1.807, 2.05) is 12.1 Å². The van der Waals surface area contributed by atoms with Crippen molar-refractivity contribution in [2.75, 3.05) is 6.54 Å². The molecule has 2 aromatic rings. The van der Waals surface area contributed by atoms with E-state index in [0.717, 1.165) is 18.4 Å². The summed E-state index contributed by atoms with van der Waals surface area (Å²) in [6.07, 6.45) is 4.99. The SMILES string of the molecule is NCCCc1nc(-c2ccncc2)no1. The predicted octanol–water partition coefficient (Wildman–Crippen LogP) is 1.02. The van der Waals surface area contributed by atoms with E-state index >= 15 is 0 Å². The molecule has 0 fully saturated rings. The Morgan fingerprint density at radius 1 is 1.27 bits per heavy atom. The van der Waals surface area contributed by atoms with Crippen LogP contribution >= 0.6 is 0 Å². The van der Waals surface area contributed by atoms with Crippen molar-refractivity contribution >= 4 is 0 Å². The molecule has 2 heterocycles. The van der Waals surface area contributed by atoms with Gasteiger partial charge in [0, 0.05) is 24.4 Å². The Bertz CT molecular complexity index is 412. The summed E-state index contributed by atoms with van der Waals surface area (Å²) in [5.41, 5.74) is 6.31. The highest BCUT2D eigenvalue weighted by Gasteiger charge is 2.07. The van der Waals surface area contributed by atoms with Crippen LogP contribution in [-0.4, -0.2) is 21.7 Å². The Kier molecular flexibility index (Phi) is 3.04. The van der Waals surface area contributed by atoms with Crippen LogP contribution in [0.2, 0.25) is 0 Å². The van der Waals surface area contributed by atoms with Crippen molar-refractivity contribution in [1.82, 2.24) is 15.1 Å². The van der Waals surface area contributed by atoms with Gasteiger partial charge in [-0.05, 0) is 25.1 Å². The molecule has 2 aromatic heterocycles. The first-order valence-electron chi connectivity index (χ1n) is 4.83. The summed E-state index contributed by atoms with van der Waals surface area (Å²) in [6.45, 7) is 0.632. The average Bonchev–Trinajstić information content (AvgIpc) is 2.76. The molecule has 0 amide bonds. The number of hydrogen-bond acceptors (Lipinski definition) is 5. The van der Waals surface area contributed by atoms with E-state index in [-0.39, 0.29) is 0 Å². The molecule has 0 aliphatic carbocycles. The zero-order chi connectivity index (χ0) is 10.5. The summed E-state index contributed by atoms with van der Waals surface area (Å²) >= 11 is 0. The van der Waals surface area contributed by atoms with Crippen molar-refractivity contribution in [2.45, 2.75) is 12.8 Å². The molecular formula is C10H12N4O. The maximum atomic E-state index is 5.40. The number of rotatable bonds is 4. The van der Waals surface area contributed by atoms with Crippen molar-refractivity contribution in [3.05, 3.63) is 30.4 Å². The maximum Gasteiger partial charge on any atom is 0.227 e. The van der Waals surface area contributed by atoms with Gasteiger partial charge in [-0.15, -0.1) is 0 Å². The summed E-state index contributed by atoms with van der Waals surface area (Å²) < 4.78 is 5.08. The van der Waals surface area contributed by atoms with Crippen LogP contribution in [0, 0.1) is 0 Å². The molecular weight excluding hydrogens is 192 g/mol.